The number of benzene rings is 1. The molecule has 0 aliphatic carbocycles. The molecule has 1 heterocycles. The van der Waals surface area contributed by atoms with Gasteiger partial charge in [0.05, 0.1) is 6.04 Å². The molecule has 0 saturated heterocycles. The maximum atomic E-state index is 13.2. The summed E-state index contributed by atoms with van der Waals surface area (Å²) in [4.78, 5) is 65.0. The zero-order chi connectivity index (χ0) is 29.3. The van der Waals surface area contributed by atoms with E-state index < -0.39 is 66.2 Å². The number of carbonyl (C=O) groups is 5. The van der Waals surface area contributed by atoms with Crippen molar-refractivity contribution in [2.45, 2.75) is 77.5 Å². The minimum atomic E-state index is -1.27. The summed E-state index contributed by atoms with van der Waals surface area (Å²) in [5, 5.41) is 27.1. The second-order valence-corrected chi connectivity index (χ2v) is 10.4. The van der Waals surface area contributed by atoms with Gasteiger partial charge < -0.3 is 36.9 Å². The van der Waals surface area contributed by atoms with E-state index in [-0.39, 0.29) is 25.2 Å². The van der Waals surface area contributed by atoms with E-state index in [2.05, 4.69) is 20.9 Å². The van der Waals surface area contributed by atoms with Crippen LogP contribution in [0.25, 0.3) is 10.9 Å². The predicted molar refractivity (Wildman–Crippen MR) is 145 cm³/mol. The van der Waals surface area contributed by atoms with Crippen LogP contribution in [0.1, 0.15) is 52.5 Å². The Kier molecular flexibility index (Phi) is 11.5. The van der Waals surface area contributed by atoms with E-state index in [0.29, 0.717) is 0 Å². The second kappa shape index (κ2) is 14.3. The van der Waals surface area contributed by atoms with Gasteiger partial charge in [0.25, 0.3) is 0 Å². The zero-order valence-corrected chi connectivity index (χ0v) is 22.7. The lowest BCUT2D eigenvalue weighted by molar-refractivity contribution is -0.143. The van der Waals surface area contributed by atoms with Crippen LogP contribution >= 0.6 is 0 Å². The minimum absolute atomic E-state index is 0.0416. The van der Waals surface area contributed by atoms with Gasteiger partial charge in [0.15, 0.2) is 0 Å². The molecule has 1 aromatic carbocycles. The van der Waals surface area contributed by atoms with Crippen molar-refractivity contribution in [2.24, 2.45) is 17.6 Å². The molecule has 0 spiro atoms. The van der Waals surface area contributed by atoms with E-state index in [1.165, 1.54) is 0 Å². The van der Waals surface area contributed by atoms with Gasteiger partial charge in [0.2, 0.25) is 17.7 Å². The fourth-order valence-corrected chi connectivity index (χ4v) is 4.19. The third kappa shape index (κ3) is 9.40. The fraction of sp³-hybridized carbons (Fsp3) is 0.519. The van der Waals surface area contributed by atoms with Gasteiger partial charge in [-0.2, -0.15) is 0 Å². The summed E-state index contributed by atoms with van der Waals surface area (Å²) in [6, 6.07) is 2.96. The van der Waals surface area contributed by atoms with Crippen molar-refractivity contribution in [1.82, 2.24) is 20.9 Å². The number of aromatic nitrogens is 1. The van der Waals surface area contributed by atoms with Crippen molar-refractivity contribution < 1.29 is 34.2 Å². The van der Waals surface area contributed by atoms with Gasteiger partial charge in [-0.1, -0.05) is 45.9 Å². The van der Waals surface area contributed by atoms with Crippen molar-refractivity contribution in [1.29, 1.82) is 0 Å². The highest BCUT2D eigenvalue weighted by Crippen LogP contribution is 2.19. The maximum absolute atomic E-state index is 13.2. The smallest absolute Gasteiger partial charge is 0.326 e. The number of para-hydroxylation sites is 1. The van der Waals surface area contributed by atoms with Gasteiger partial charge in [0, 0.05) is 23.5 Å². The van der Waals surface area contributed by atoms with Crippen LogP contribution in [0.3, 0.4) is 0 Å². The van der Waals surface area contributed by atoms with E-state index in [1.807, 2.05) is 38.1 Å². The zero-order valence-electron chi connectivity index (χ0n) is 22.7. The number of rotatable bonds is 15. The van der Waals surface area contributed by atoms with Crippen LogP contribution in [0.4, 0.5) is 0 Å². The van der Waals surface area contributed by atoms with Crippen molar-refractivity contribution in [3.63, 3.8) is 0 Å². The molecule has 12 nitrogen and oxygen atoms in total. The SMILES string of the molecule is CC(C)CC(NC(=O)C(CCC(=O)O)NC(=O)C(N)Cc1c[nH]c2ccccc12)C(=O)NC(C(=O)O)C(C)C. The number of fused-ring (bicyclic) bond motifs is 1. The predicted octanol–water partition coefficient (Wildman–Crippen LogP) is 1.14. The van der Waals surface area contributed by atoms with E-state index >= 15 is 0 Å². The summed E-state index contributed by atoms with van der Waals surface area (Å²) in [6.07, 6.45) is 1.48. The Hall–Kier alpha value is -3.93. The number of H-pyrrole nitrogens is 1. The lowest BCUT2D eigenvalue weighted by atomic mass is 9.99. The number of aliphatic carboxylic acids is 2. The average molecular weight is 546 g/mol. The first-order valence-electron chi connectivity index (χ1n) is 13.0. The lowest BCUT2D eigenvalue weighted by Crippen LogP contribution is -2.58. The Morgan fingerprint density at radius 1 is 0.897 bits per heavy atom. The van der Waals surface area contributed by atoms with Gasteiger partial charge in [-0.15, -0.1) is 0 Å². The van der Waals surface area contributed by atoms with Gasteiger partial charge >= 0.3 is 11.9 Å². The Labute approximate surface area is 227 Å². The Morgan fingerprint density at radius 2 is 1.51 bits per heavy atom. The molecule has 2 aromatic rings. The topological polar surface area (TPSA) is 204 Å². The molecule has 0 bridgehead atoms. The molecule has 1 aromatic heterocycles. The van der Waals surface area contributed by atoms with Gasteiger partial charge in [-0.3, -0.25) is 19.2 Å². The number of nitrogens with one attached hydrogen (secondary N) is 4. The summed E-state index contributed by atoms with van der Waals surface area (Å²) >= 11 is 0. The highest BCUT2D eigenvalue weighted by Gasteiger charge is 2.32. The van der Waals surface area contributed by atoms with E-state index in [0.717, 1.165) is 16.5 Å². The molecule has 4 atom stereocenters. The van der Waals surface area contributed by atoms with Gasteiger partial charge in [-0.05, 0) is 42.7 Å². The lowest BCUT2D eigenvalue weighted by Gasteiger charge is -2.26. The molecule has 0 aliphatic heterocycles. The fourth-order valence-electron chi connectivity index (χ4n) is 4.19. The molecule has 39 heavy (non-hydrogen) atoms. The summed E-state index contributed by atoms with van der Waals surface area (Å²) in [5.74, 6) is -4.91. The van der Waals surface area contributed by atoms with Crippen LogP contribution in [-0.2, 0) is 30.4 Å². The van der Waals surface area contributed by atoms with Crippen LogP contribution in [0.15, 0.2) is 30.5 Å². The van der Waals surface area contributed by atoms with Crippen LogP contribution < -0.4 is 21.7 Å². The number of hydrogen-bond acceptors (Lipinski definition) is 6. The average Bonchev–Trinajstić information content (AvgIpc) is 3.26. The Morgan fingerprint density at radius 3 is 2.10 bits per heavy atom. The van der Waals surface area contributed by atoms with E-state index in [1.54, 1.807) is 20.0 Å². The quantitative estimate of drug-likeness (QED) is 0.172. The molecule has 12 heteroatoms. The molecule has 0 aliphatic rings. The molecule has 4 unspecified atom stereocenters. The van der Waals surface area contributed by atoms with Crippen LogP contribution in [0.2, 0.25) is 0 Å². The number of amides is 3. The molecule has 214 valence electrons. The van der Waals surface area contributed by atoms with E-state index in [4.69, 9.17) is 10.8 Å². The maximum Gasteiger partial charge on any atom is 0.326 e. The van der Waals surface area contributed by atoms with Crippen molar-refractivity contribution >= 4 is 40.6 Å². The summed E-state index contributed by atoms with van der Waals surface area (Å²) in [7, 11) is 0. The standard InChI is InChI=1S/C27H39N5O7/c1-14(2)11-21(26(37)32-23(15(3)4)27(38)39)31-25(36)20(9-10-22(33)34)30-24(35)18(28)12-16-13-29-19-8-6-5-7-17(16)19/h5-8,13-15,18,20-21,23,29H,9-12,28H2,1-4H3,(H,30,35)(H,31,36)(H,32,37)(H,33,34)(H,38,39). The first-order chi connectivity index (χ1) is 18.3. The molecule has 8 N–H and O–H groups in total. The third-order valence-electron chi connectivity index (χ3n) is 6.30. The Balaban J connectivity index is 2.16. The second-order valence-electron chi connectivity index (χ2n) is 10.4. The van der Waals surface area contributed by atoms with Crippen molar-refractivity contribution in [2.75, 3.05) is 0 Å². The largest absolute Gasteiger partial charge is 0.481 e. The number of carboxylic acid groups (broad SMARTS) is 2. The van der Waals surface area contributed by atoms with Crippen LogP contribution in [-0.4, -0.2) is 69.0 Å². The summed E-state index contributed by atoms with van der Waals surface area (Å²) in [6.45, 7) is 6.95. The monoisotopic (exact) mass is 545 g/mol. The summed E-state index contributed by atoms with van der Waals surface area (Å²) < 4.78 is 0. The highest BCUT2D eigenvalue weighted by atomic mass is 16.4. The highest BCUT2D eigenvalue weighted by molar-refractivity contribution is 5.94. The van der Waals surface area contributed by atoms with Crippen LogP contribution in [0, 0.1) is 11.8 Å². The first-order valence-corrected chi connectivity index (χ1v) is 13.0. The first kappa shape index (κ1) is 31.3. The van der Waals surface area contributed by atoms with Gasteiger partial charge in [-0.25, -0.2) is 4.79 Å². The van der Waals surface area contributed by atoms with Gasteiger partial charge in [0.1, 0.15) is 18.1 Å². The third-order valence-corrected chi connectivity index (χ3v) is 6.30. The Bertz CT molecular complexity index is 1180. The molecule has 2 rings (SSSR count). The number of hydrogen-bond donors (Lipinski definition) is 7. The molecule has 0 radical (unpaired) electrons. The van der Waals surface area contributed by atoms with Crippen molar-refractivity contribution in [3.8, 4) is 0 Å². The number of nitrogens with two attached hydrogens (primary N) is 1. The molecular formula is C27H39N5O7. The molecule has 0 saturated carbocycles. The normalized spacial score (nSPS) is 14.4. The molecule has 0 fully saturated rings. The summed E-state index contributed by atoms with van der Waals surface area (Å²) in [5.41, 5.74) is 7.83. The molecule has 3 amide bonds. The van der Waals surface area contributed by atoms with E-state index in [9.17, 15) is 29.1 Å². The molecular weight excluding hydrogens is 506 g/mol. The number of aromatic amines is 1. The van der Waals surface area contributed by atoms with Crippen LogP contribution in [0.5, 0.6) is 0 Å². The van der Waals surface area contributed by atoms with Crippen molar-refractivity contribution in [3.05, 3.63) is 36.0 Å². The minimum Gasteiger partial charge on any atom is -0.481 e. The number of carbonyl (C=O) groups excluding carboxylic acids is 3. The number of carboxylic acids is 2.